The highest BCUT2D eigenvalue weighted by Gasteiger charge is 2.24. The molecular weight excluding hydrogens is 437 g/mol. The first-order valence-electron chi connectivity index (χ1n) is 11.3. The maximum absolute atomic E-state index is 13.5. The molecule has 5 rings (SSSR count). The summed E-state index contributed by atoms with van der Waals surface area (Å²) < 4.78 is 19.4. The van der Waals surface area contributed by atoms with Gasteiger partial charge in [-0.1, -0.05) is 0 Å². The monoisotopic (exact) mass is 461 g/mol. The van der Waals surface area contributed by atoms with E-state index in [9.17, 15) is 9.18 Å². The summed E-state index contributed by atoms with van der Waals surface area (Å²) in [6.45, 7) is 1.89. The van der Waals surface area contributed by atoms with Crippen LogP contribution >= 0.6 is 0 Å². The average molecular weight is 461 g/mol. The summed E-state index contributed by atoms with van der Waals surface area (Å²) in [6.07, 6.45) is 6.88. The van der Waals surface area contributed by atoms with E-state index in [2.05, 4.69) is 24.9 Å². The van der Waals surface area contributed by atoms with Gasteiger partial charge in [-0.25, -0.2) is 19.3 Å². The van der Waals surface area contributed by atoms with Crippen molar-refractivity contribution in [3.05, 3.63) is 54.2 Å². The number of carboxylic acids is 1. The molecular formula is C25H24FN5O3. The van der Waals surface area contributed by atoms with Crippen molar-refractivity contribution in [1.82, 2.24) is 24.9 Å². The lowest BCUT2D eigenvalue weighted by molar-refractivity contribution is -0.138. The number of pyridine rings is 1. The number of hydrogen-bond donors (Lipinski definition) is 2. The molecule has 174 valence electrons. The van der Waals surface area contributed by atoms with Gasteiger partial charge in [-0.3, -0.25) is 9.78 Å². The molecule has 3 heterocycles. The van der Waals surface area contributed by atoms with Crippen LogP contribution in [0.1, 0.15) is 37.8 Å². The van der Waals surface area contributed by atoms with Crippen molar-refractivity contribution < 1.29 is 19.0 Å². The van der Waals surface area contributed by atoms with Crippen LogP contribution in [0, 0.1) is 18.7 Å². The van der Waals surface area contributed by atoms with Crippen LogP contribution in [0.2, 0.25) is 0 Å². The first-order chi connectivity index (χ1) is 16.4. The molecule has 1 aromatic carbocycles. The van der Waals surface area contributed by atoms with Gasteiger partial charge in [-0.2, -0.15) is 0 Å². The number of H-pyrrole nitrogens is 1. The fraction of sp³-hybridized carbons (Fsp3) is 0.320. The first-order valence-corrected chi connectivity index (χ1v) is 11.3. The maximum Gasteiger partial charge on any atom is 0.316 e. The molecule has 0 spiro atoms. The van der Waals surface area contributed by atoms with Crippen molar-refractivity contribution in [1.29, 1.82) is 0 Å². The third-order valence-electron chi connectivity index (χ3n) is 6.24. The van der Waals surface area contributed by atoms with Crippen LogP contribution in [0.15, 0.2) is 42.7 Å². The summed E-state index contributed by atoms with van der Waals surface area (Å²) in [4.78, 5) is 31.9. The van der Waals surface area contributed by atoms with Crippen LogP contribution in [0.5, 0.6) is 6.01 Å². The van der Waals surface area contributed by atoms with Crippen LogP contribution in [0.3, 0.4) is 0 Å². The third kappa shape index (κ3) is 4.73. The van der Waals surface area contributed by atoms with Gasteiger partial charge in [0, 0.05) is 41.7 Å². The van der Waals surface area contributed by atoms with E-state index in [1.54, 1.807) is 18.5 Å². The molecule has 0 bridgehead atoms. The lowest BCUT2D eigenvalue weighted by atomic mass is 9.85. The molecule has 34 heavy (non-hydrogen) atoms. The van der Waals surface area contributed by atoms with E-state index >= 15 is 0 Å². The van der Waals surface area contributed by atoms with Crippen LogP contribution in [0.4, 0.5) is 4.39 Å². The topological polar surface area (TPSA) is 114 Å². The zero-order valence-electron chi connectivity index (χ0n) is 18.7. The van der Waals surface area contributed by atoms with Gasteiger partial charge in [0.05, 0.1) is 16.7 Å². The second kappa shape index (κ2) is 9.17. The Morgan fingerprint density at radius 1 is 1.12 bits per heavy atom. The van der Waals surface area contributed by atoms with Crippen molar-refractivity contribution in [2.24, 2.45) is 5.92 Å². The Kier molecular flexibility index (Phi) is 5.91. The molecule has 2 N–H and O–H groups in total. The normalized spacial score (nSPS) is 18.2. The minimum absolute atomic E-state index is 0.00725. The molecule has 3 aromatic heterocycles. The van der Waals surface area contributed by atoms with Crippen LogP contribution in [-0.2, 0) is 4.79 Å². The summed E-state index contributed by atoms with van der Waals surface area (Å²) in [5.74, 6) is -0.212. The lowest BCUT2D eigenvalue weighted by Gasteiger charge is -2.27. The molecule has 0 atom stereocenters. The number of carbonyl (C=O) groups is 1. The SMILES string of the molecule is Cc1nc(-c2cnc(OC3CCC(CC(=O)O)CC3)nc2)ccc1-c1nc2cc(F)ccc2[nH]1. The predicted molar refractivity (Wildman–Crippen MR) is 124 cm³/mol. The number of aryl methyl sites for hydroxylation is 1. The van der Waals surface area contributed by atoms with Gasteiger partial charge in [0.1, 0.15) is 17.7 Å². The zero-order valence-corrected chi connectivity index (χ0v) is 18.7. The van der Waals surface area contributed by atoms with Gasteiger partial charge in [0.25, 0.3) is 0 Å². The van der Waals surface area contributed by atoms with Crippen molar-refractivity contribution in [2.75, 3.05) is 0 Å². The number of aromatic nitrogens is 5. The van der Waals surface area contributed by atoms with Gasteiger partial charge < -0.3 is 14.8 Å². The second-order valence-corrected chi connectivity index (χ2v) is 8.69. The number of aliphatic carboxylic acids is 1. The quantitative estimate of drug-likeness (QED) is 0.418. The number of rotatable bonds is 6. The van der Waals surface area contributed by atoms with Gasteiger partial charge in [-0.15, -0.1) is 0 Å². The number of ether oxygens (including phenoxy) is 1. The minimum atomic E-state index is -0.742. The summed E-state index contributed by atoms with van der Waals surface area (Å²) in [6, 6.07) is 8.57. The van der Waals surface area contributed by atoms with Crippen molar-refractivity contribution in [2.45, 2.75) is 45.1 Å². The Balaban J connectivity index is 1.26. The highest BCUT2D eigenvalue weighted by molar-refractivity contribution is 5.80. The Morgan fingerprint density at radius 3 is 2.59 bits per heavy atom. The number of halogens is 1. The molecule has 0 aliphatic heterocycles. The number of imidazole rings is 1. The third-order valence-corrected chi connectivity index (χ3v) is 6.24. The molecule has 4 aromatic rings. The van der Waals surface area contributed by atoms with E-state index in [-0.39, 0.29) is 24.3 Å². The molecule has 0 radical (unpaired) electrons. The van der Waals surface area contributed by atoms with Gasteiger partial charge in [-0.05, 0) is 62.8 Å². The standard InChI is InChI=1S/C25H24FN5O3/c1-14-19(24-30-21-8-4-17(26)11-22(21)31-24)7-9-20(29-14)16-12-27-25(28-13-16)34-18-5-2-15(3-6-18)10-23(32)33/h4,7-9,11-13,15,18H,2-3,5-6,10H2,1H3,(H,30,31)(H,32,33). The maximum atomic E-state index is 13.5. The number of benzene rings is 1. The highest BCUT2D eigenvalue weighted by Crippen LogP contribution is 2.30. The summed E-state index contributed by atoms with van der Waals surface area (Å²) >= 11 is 0. The van der Waals surface area contributed by atoms with E-state index < -0.39 is 5.97 Å². The number of nitrogens with one attached hydrogen (secondary N) is 1. The van der Waals surface area contributed by atoms with Gasteiger partial charge in [0.2, 0.25) is 0 Å². The van der Waals surface area contributed by atoms with Crippen LogP contribution in [-0.4, -0.2) is 42.1 Å². The second-order valence-electron chi connectivity index (χ2n) is 8.69. The summed E-state index contributed by atoms with van der Waals surface area (Å²) in [5, 5.41) is 8.94. The Hall–Kier alpha value is -3.88. The molecule has 9 heteroatoms. The highest BCUT2D eigenvalue weighted by atomic mass is 19.1. The number of carboxylic acid groups (broad SMARTS) is 1. The largest absolute Gasteiger partial charge is 0.481 e. The van der Waals surface area contributed by atoms with Crippen LogP contribution in [0.25, 0.3) is 33.7 Å². The smallest absolute Gasteiger partial charge is 0.316 e. The number of hydrogen-bond acceptors (Lipinski definition) is 6. The lowest BCUT2D eigenvalue weighted by Crippen LogP contribution is -2.25. The summed E-state index contributed by atoms with van der Waals surface area (Å²) in [7, 11) is 0. The molecule has 1 aliphatic rings. The van der Waals surface area contributed by atoms with Crippen molar-refractivity contribution >= 4 is 17.0 Å². The minimum Gasteiger partial charge on any atom is -0.481 e. The van der Waals surface area contributed by atoms with Crippen molar-refractivity contribution in [3.8, 4) is 28.7 Å². The Labute approximate surface area is 195 Å². The molecule has 1 fully saturated rings. The van der Waals surface area contributed by atoms with Gasteiger partial charge in [0.15, 0.2) is 0 Å². The van der Waals surface area contributed by atoms with E-state index in [0.29, 0.717) is 17.4 Å². The molecule has 0 unspecified atom stereocenters. The van der Waals surface area contributed by atoms with E-state index in [4.69, 9.17) is 9.84 Å². The fourth-order valence-electron chi connectivity index (χ4n) is 4.44. The Morgan fingerprint density at radius 2 is 1.88 bits per heavy atom. The molecule has 1 saturated carbocycles. The zero-order chi connectivity index (χ0) is 23.7. The first kappa shape index (κ1) is 21.9. The number of aromatic amines is 1. The number of fused-ring (bicyclic) bond motifs is 1. The molecule has 0 amide bonds. The fourth-order valence-corrected chi connectivity index (χ4v) is 4.44. The summed E-state index contributed by atoms with van der Waals surface area (Å²) in [5.41, 5.74) is 4.43. The molecule has 8 nitrogen and oxygen atoms in total. The van der Waals surface area contributed by atoms with E-state index in [1.807, 2.05) is 19.1 Å². The number of nitrogens with zero attached hydrogens (tertiary/aromatic N) is 4. The molecule has 1 aliphatic carbocycles. The average Bonchev–Trinajstić information content (AvgIpc) is 3.23. The van der Waals surface area contributed by atoms with Gasteiger partial charge >= 0.3 is 12.0 Å². The van der Waals surface area contributed by atoms with Crippen LogP contribution < -0.4 is 4.74 Å². The van der Waals surface area contributed by atoms with E-state index in [0.717, 1.165) is 53.7 Å². The molecule has 0 saturated heterocycles. The Bertz CT molecular complexity index is 1330. The van der Waals surface area contributed by atoms with E-state index in [1.165, 1.54) is 12.1 Å². The van der Waals surface area contributed by atoms with Crippen molar-refractivity contribution in [3.63, 3.8) is 0 Å². The predicted octanol–water partition coefficient (Wildman–Crippen LogP) is 4.94.